The number of rotatable bonds is 4. The van der Waals surface area contributed by atoms with Gasteiger partial charge in [0.15, 0.2) is 5.69 Å². The Morgan fingerprint density at radius 1 is 1.52 bits per heavy atom. The van der Waals surface area contributed by atoms with Crippen molar-refractivity contribution in [1.29, 1.82) is 0 Å². The Balaban J connectivity index is 2.33. The van der Waals surface area contributed by atoms with E-state index in [1.165, 1.54) is 0 Å². The number of nitrogens with two attached hydrogens (primary N) is 1. The van der Waals surface area contributed by atoms with E-state index >= 15 is 0 Å². The van der Waals surface area contributed by atoms with Crippen LogP contribution in [0.15, 0.2) is 4.90 Å². The van der Waals surface area contributed by atoms with Crippen LogP contribution in [0.25, 0.3) is 0 Å². The molecule has 2 rings (SSSR count). The van der Waals surface area contributed by atoms with Crippen molar-refractivity contribution in [1.82, 2.24) is 15.5 Å². The molecule has 1 amide bonds. The zero-order valence-corrected chi connectivity index (χ0v) is 13.0. The zero-order valence-electron chi connectivity index (χ0n) is 12.2. The predicted octanol–water partition coefficient (Wildman–Crippen LogP) is 0.0877. The summed E-state index contributed by atoms with van der Waals surface area (Å²) in [7, 11) is -4.04. The highest BCUT2D eigenvalue weighted by Gasteiger charge is 2.32. The first-order valence-electron chi connectivity index (χ1n) is 6.75. The summed E-state index contributed by atoms with van der Waals surface area (Å²) < 4.78 is 28.9. The molecule has 8 nitrogen and oxygen atoms in total. The molecule has 1 aromatic heterocycles. The lowest BCUT2D eigenvalue weighted by molar-refractivity contribution is 0.0859. The Kier molecular flexibility index (Phi) is 4.35. The molecule has 118 valence electrons. The van der Waals surface area contributed by atoms with Crippen LogP contribution in [0.2, 0.25) is 0 Å². The number of carbonyl (C=O) groups is 1. The molecule has 1 saturated heterocycles. The summed E-state index contributed by atoms with van der Waals surface area (Å²) in [6.45, 7) is 5.99. The molecule has 1 fully saturated rings. The van der Waals surface area contributed by atoms with E-state index in [0.717, 1.165) is 0 Å². The van der Waals surface area contributed by atoms with Crippen molar-refractivity contribution in [2.45, 2.75) is 50.2 Å². The first-order chi connectivity index (χ1) is 9.71. The number of nitrogens with one attached hydrogen (secondary N) is 2. The SMILES string of the molecule is CC(C)c1[nH]nc(C(=O)NC2CCOC2C)c1S(N)(=O)=O. The number of hydrogen-bond donors (Lipinski definition) is 3. The van der Waals surface area contributed by atoms with Crippen LogP contribution < -0.4 is 10.5 Å². The topological polar surface area (TPSA) is 127 Å². The van der Waals surface area contributed by atoms with Crippen LogP contribution in [0.1, 0.15) is 49.3 Å². The molecule has 1 aliphatic rings. The number of primary sulfonamides is 1. The minimum Gasteiger partial charge on any atom is -0.376 e. The Morgan fingerprint density at radius 3 is 2.67 bits per heavy atom. The van der Waals surface area contributed by atoms with Crippen molar-refractivity contribution in [3.8, 4) is 0 Å². The van der Waals surface area contributed by atoms with Gasteiger partial charge in [0.1, 0.15) is 4.90 Å². The summed E-state index contributed by atoms with van der Waals surface area (Å²) in [5, 5.41) is 14.4. The number of sulfonamides is 1. The van der Waals surface area contributed by atoms with E-state index < -0.39 is 15.9 Å². The minimum atomic E-state index is -4.04. The van der Waals surface area contributed by atoms with Crippen molar-refractivity contribution in [2.24, 2.45) is 5.14 Å². The van der Waals surface area contributed by atoms with E-state index in [1.807, 2.05) is 6.92 Å². The fourth-order valence-electron chi connectivity index (χ4n) is 2.34. The van der Waals surface area contributed by atoms with Crippen molar-refractivity contribution in [2.75, 3.05) is 6.61 Å². The monoisotopic (exact) mass is 316 g/mol. The number of aromatic nitrogens is 2. The Bertz CT molecular complexity index is 638. The van der Waals surface area contributed by atoms with E-state index in [-0.39, 0.29) is 28.7 Å². The van der Waals surface area contributed by atoms with E-state index in [9.17, 15) is 13.2 Å². The lowest BCUT2D eigenvalue weighted by atomic mass is 10.1. The largest absolute Gasteiger partial charge is 0.376 e. The smallest absolute Gasteiger partial charge is 0.273 e. The van der Waals surface area contributed by atoms with Crippen LogP contribution in [0, 0.1) is 0 Å². The molecule has 0 radical (unpaired) electrons. The molecule has 4 N–H and O–H groups in total. The second-order valence-electron chi connectivity index (χ2n) is 5.46. The summed E-state index contributed by atoms with van der Waals surface area (Å²) in [6.07, 6.45) is 0.564. The Hall–Kier alpha value is -1.45. The average Bonchev–Trinajstić information content (AvgIpc) is 2.95. The lowest BCUT2D eigenvalue weighted by Gasteiger charge is -2.15. The molecule has 9 heteroatoms. The van der Waals surface area contributed by atoms with Gasteiger partial charge in [-0.15, -0.1) is 0 Å². The van der Waals surface area contributed by atoms with Gasteiger partial charge in [0.05, 0.1) is 17.8 Å². The molecule has 0 spiro atoms. The standard InChI is InChI=1S/C12H20N4O4S/c1-6(2)9-11(21(13,18)19)10(16-15-9)12(17)14-8-4-5-20-7(8)3/h6-8H,4-5H2,1-3H3,(H,14,17)(H,15,16)(H2,13,18,19). The van der Waals surface area contributed by atoms with Gasteiger partial charge >= 0.3 is 0 Å². The summed E-state index contributed by atoms with van der Waals surface area (Å²) in [5.41, 5.74) is 0.138. The highest BCUT2D eigenvalue weighted by Crippen LogP contribution is 2.24. The fraction of sp³-hybridized carbons (Fsp3) is 0.667. The number of ether oxygens (including phenoxy) is 1. The maximum atomic E-state index is 12.3. The first-order valence-corrected chi connectivity index (χ1v) is 8.30. The number of nitrogens with zero attached hydrogens (tertiary/aromatic N) is 1. The quantitative estimate of drug-likeness (QED) is 0.725. The molecule has 0 aliphatic carbocycles. The zero-order chi connectivity index (χ0) is 15.8. The van der Waals surface area contributed by atoms with Crippen LogP contribution in [0.4, 0.5) is 0 Å². The molecule has 2 heterocycles. The maximum absolute atomic E-state index is 12.3. The normalized spacial score (nSPS) is 22.7. The van der Waals surface area contributed by atoms with Gasteiger partial charge < -0.3 is 10.1 Å². The van der Waals surface area contributed by atoms with E-state index in [4.69, 9.17) is 9.88 Å². The summed E-state index contributed by atoms with van der Waals surface area (Å²) >= 11 is 0. The van der Waals surface area contributed by atoms with Gasteiger partial charge in [-0.3, -0.25) is 9.89 Å². The fourth-order valence-corrected chi connectivity index (χ4v) is 3.33. The molecule has 0 bridgehead atoms. The van der Waals surface area contributed by atoms with Gasteiger partial charge in [-0.2, -0.15) is 5.10 Å². The number of H-pyrrole nitrogens is 1. The molecule has 1 aromatic rings. The summed E-state index contributed by atoms with van der Waals surface area (Å²) in [4.78, 5) is 12.0. The van der Waals surface area contributed by atoms with Gasteiger partial charge in [0, 0.05) is 6.61 Å². The minimum absolute atomic E-state index is 0.115. The molecule has 1 aliphatic heterocycles. The maximum Gasteiger partial charge on any atom is 0.273 e. The van der Waals surface area contributed by atoms with Gasteiger partial charge in [-0.05, 0) is 19.3 Å². The molecular weight excluding hydrogens is 296 g/mol. The van der Waals surface area contributed by atoms with Gasteiger partial charge in [-0.1, -0.05) is 13.8 Å². The van der Waals surface area contributed by atoms with E-state index in [1.54, 1.807) is 13.8 Å². The highest BCUT2D eigenvalue weighted by atomic mass is 32.2. The number of aromatic amines is 1. The van der Waals surface area contributed by atoms with Crippen LogP contribution in [-0.4, -0.2) is 43.3 Å². The van der Waals surface area contributed by atoms with Gasteiger partial charge in [0.2, 0.25) is 10.0 Å². The molecule has 0 saturated carbocycles. The van der Waals surface area contributed by atoms with Gasteiger partial charge in [-0.25, -0.2) is 13.6 Å². The van der Waals surface area contributed by atoms with Crippen molar-refractivity contribution >= 4 is 15.9 Å². The molecule has 2 atom stereocenters. The van der Waals surface area contributed by atoms with Gasteiger partial charge in [0.25, 0.3) is 5.91 Å². The van der Waals surface area contributed by atoms with Crippen molar-refractivity contribution in [3.05, 3.63) is 11.4 Å². The second-order valence-corrected chi connectivity index (χ2v) is 6.96. The third-order valence-corrected chi connectivity index (χ3v) is 4.50. The van der Waals surface area contributed by atoms with E-state index in [0.29, 0.717) is 18.7 Å². The van der Waals surface area contributed by atoms with E-state index in [2.05, 4.69) is 15.5 Å². The third-order valence-electron chi connectivity index (χ3n) is 3.52. The molecule has 0 aromatic carbocycles. The molecule has 21 heavy (non-hydrogen) atoms. The lowest BCUT2D eigenvalue weighted by Crippen LogP contribution is -2.40. The van der Waals surface area contributed by atoms with Crippen LogP contribution in [-0.2, 0) is 14.8 Å². The van der Waals surface area contributed by atoms with Crippen molar-refractivity contribution < 1.29 is 17.9 Å². The van der Waals surface area contributed by atoms with Crippen LogP contribution >= 0.6 is 0 Å². The summed E-state index contributed by atoms with van der Waals surface area (Å²) in [6, 6.07) is -0.162. The number of carbonyl (C=O) groups excluding carboxylic acids is 1. The second kappa shape index (κ2) is 5.74. The third kappa shape index (κ3) is 3.25. The van der Waals surface area contributed by atoms with Crippen molar-refractivity contribution in [3.63, 3.8) is 0 Å². The highest BCUT2D eigenvalue weighted by molar-refractivity contribution is 7.89. The Morgan fingerprint density at radius 2 is 2.19 bits per heavy atom. The molecular formula is C12H20N4O4S. The number of amides is 1. The first kappa shape index (κ1) is 15.9. The number of hydrogen-bond acceptors (Lipinski definition) is 5. The predicted molar refractivity (Wildman–Crippen MR) is 75.3 cm³/mol. The molecule has 2 unspecified atom stereocenters. The van der Waals surface area contributed by atoms with Crippen LogP contribution in [0.3, 0.4) is 0 Å². The summed E-state index contributed by atoms with van der Waals surface area (Å²) in [5.74, 6) is -0.717. The Labute approximate surface area is 123 Å². The average molecular weight is 316 g/mol. The van der Waals surface area contributed by atoms with Crippen LogP contribution in [0.5, 0.6) is 0 Å².